The van der Waals surface area contributed by atoms with Gasteiger partial charge in [0.15, 0.2) is 6.29 Å². The van der Waals surface area contributed by atoms with Crippen LogP contribution in [0.4, 0.5) is 0 Å². The second-order valence-electron chi connectivity index (χ2n) is 3.82. The molecular weight excluding hydrogens is 252 g/mol. The van der Waals surface area contributed by atoms with Crippen molar-refractivity contribution in [2.45, 2.75) is 13.2 Å². The SMILES string of the molecule is COC(CO[SiH](CS)c1ccc(C)cc1)OC. The van der Waals surface area contributed by atoms with Crippen molar-refractivity contribution in [2.24, 2.45) is 0 Å². The highest BCUT2D eigenvalue weighted by atomic mass is 32.1. The Morgan fingerprint density at radius 3 is 2.24 bits per heavy atom. The molecule has 0 aliphatic rings. The number of thiol groups is 1. The Kier molecular flexibility index (Phi) is 6.84. The van der Waals surface area contributed by atoms with Gasteiger partial charge in [0.1, 0.15) is 0 Å². The van der Waals surface area contributed by atoms with Gasteiger partial charge < -0.3 is 13.9 Å². The molecule has 1 atom stereocenters. The van der Waals surface area contributed by atoms with Gasteiger partial charge in [-0.25, -0.2) is 0 Å². The summed E-state index contributed by atoms with van der Waals surface area (Å²) in [6.07, 6.45) is -0.296. The largest absolute Gasteiger partial charge is 0.409 e. The molecule has 0 aromatic heterocycles. The number of hydrogen-bond donors (Lipinski definition) is 1. The minimum atomic E-state index is -1.47. The van der Waals surface area contributed by atoms with Gasteiger partial charge in [0.05, 0.1) is 6.61 Å². The fourth-order valence-electron chi connectivity index (χ4n) is 1.46. The highest BCUT2D eigenvalue weighted by Crippen LogP contribution is 2.00. The summed E-state index contributed by atoms with van der Waals surface area (Å²) in [7, 11) is 1.75. The summed E-state index contributed by atoms with van der Waals surface area (Å²) < 4.78 is 16.1. The monoisotopic (exact) mass is 272 g/mol. The number of methoxy groups -OCH3 is 2. The molecule has 0 saturated carbocycles. The predicted molar refractivity (Wildman–Crippen MR) is 75.6 cm³/mol. The lowest BCUT2D eigenvalue weighted by atomic mass is 10.2. The Bertz CT molecular complexity index is 314. The van der Waals surface area contributed by atoms with Crippen molar-refractivity contribution in [3.63, 3.8) is 0 Å². The molecule has 5 heteroatoms. The smallest absolute Gasteiger partial charge is 0.217 e. The van der Waals surface area contributed by atoms with E-state index in [1.807, 2.05) is 0 Å². The molecule has 3 nitrogen and oxygen atoms in total. The lowest BCUT2D eigenvalue weighted by molar-refractivity contribution is -0.122. The average Bonchev–Trinajstić information content (AvgIpc) is 2.36. The Morgan fingerprint density at radius 2 is 1.76 bits per heavy atom. The molecule has 0 aliphatic heterocycles. The van der Waals surface area contributed by atoms with Gasteiger partial charge in [-0.1, -0.05) is 29.8 Å². The molecule has 0 fully saturated rings. The molecule has 0 radical (unpaired) electrons. The lowest BCUT2D eigenvalue weighted by Gasteiger charge is -2.19. The fourth-order valence-corrected chi connectivity index (χ4v) is 3.93. The molecule has 1 aromatic rings. The highest BCUT2D eigenvalue weighted by Gasteiger charge is 2.15. The van der Waals surface area contributed by atoms with Crippen LogP contribution < -0.4 is 5.19 Å². The zero-order valence-corrected chi connectivity index (χ0v) is 12.6. The molecule has 0 saturated heterocycles. The van der Waals surface area contributed by atoms with Crippen LogP contribution in [-0.4, -0.2) is 41.5 Å². The first-order valence-corrected chi connectivity index (χ1v) is 8.05. The van der Waals surface area contributed by atoms with Crippen molar-refractivity contribution in [2.75, 3.05) is 26.2 Å². The molecular formula is C12H20O3SSi. The van der Waals surface area contributed by atoms with Crippen molar-refractivity contribution < 1.29 is 13.9 Å². The van der Waals surface area contributed by atoms with E-state index in [0.29, 0.717) is 6.61 Å². The fraction of sp³-hybridized carbons (Fsp3) is 0.500. The topological polar surface area (TPSA) is 27.7 Å². The number of rotatable bonds is 7. The van der Waals surface area contributed by atoms with E-state index in [1.54, 1.807) is 14.2 Å². The molecule has 0 heterocycles. The van der Waals surface area contributed by atoms with E-state index in [-0.39, 0.29) is 6.29 Å². The molecule has 1 aromatic carbocycles. The summed E-state index contributed by atoms with van der Waals surface area (Å²) >= 11 is 4.37. The summed E-state index contributed by atoms with van der Waals surface area (Å²) in [6.45, 7) is 2.53. The van der Waals surface area contributed by atoms with Crippen LogP contribution in [0, 0.1) is 6.92 Å². The average molecular weight is 272 g/mol. The van der Waals surface area contributed by atoms with Crippen LogP contribution in [-0.2, 0) is 13.9 Å². The highest BCUT2D eigenvalue weighted by molar-refractivity contribution is 7.82. The van der Waals surface area contributed by atoms with E-state index in [4.69, 9.17) is 13.9 Å². The summed E-state index contributed by atoms with van der Waals surface area (Å²) in [6, 6.07) is 8.45. The number of benzene rings is 1. The third kappa shape index (κ3) is 4.81. The van der Waals surface area contributed by atoms with Gasteiger partial charge in [0.2, 0.25) is 9.04 Å². The van der Waals surface area contributed by atoms with Crippen LogP contribution in [0.1, 0.15) is 5.56 Å². The maximum atomic E-state index is 5.87. The van der Waals surface area contributed by atoms with Crippen LogP contribution in [0.15, 0.2) is 24.3 Å². The molecule has 17 heavy (non-hydrogen) atoms. The van der Waals surface area contributed by atoms with E-state index in [2.05, 4.69) is 43.8 Å². The quantitative estimate of drug-likeness (QED) is 0.456. The molecule has 0 bridgehead atoms. The zero-order chi connectivity index (χ0) is 12.7. The van der Waals surface area contributed by atoms with Gasteiger partial charge >= 0.3 is 0 Å². The summed E-state index contributed by atoms with van der Waals surface area (Å²) in [4.78, 5) is 0. The van der Waals surface area contributed by atoms with Gasteiger partial charge in [-0.05, 0) is 12.1 Å². The van der Waals surface area contributed by atoms with Crippen LogP contribution in [0.5, 0.6) is 0 Å². The molecule has 0 aliphatic carbocycles. The Labute approximate surface area is 110 Å². The summed E-state index contributed by atoms with van der Waals surface area (Å²) in [5, 5.41) is 2.03. The minimum absolute atomic E-state index is 0.296. The molecule has 0 amide bonds. The number of hydrogen-bond acceptors (Lipinski definition) is 4. The van der Waals surface area contributed by atoms with Gasteiger partial charge in [-0.15, -0.1) is 0 Å². The van der Waals surface area contributed by atoms with Gasteiger partial charge in [-0.2, -0.15) is 12.6 Å². The van der Waals surface area contributed by atoms with Crippen molar-refractivity contribution in [1.82, 2.24) is 0 Å². The van der Waals surface area contributed by atoms with Crippen molar-refractivity contribution >= 4 is 26.9 Å². The normalized spacial score (nSPS) is 13.0. The summed E-state index contributed by atoms with van der Waals surface area (Å²) in [5.41, 5.74) is 1.26. The standard InChI is InChI=1S/C12H20O3SSi/c1-10-4-6-11(7-5-10)17(9-16)15-8-12(13-2)14-3/h4-7,12,16-17H,8-9H2,1-3H3. The van der Waals surface area contributed by atoms with Crippen LogP contribution in [0.3, 0.4) is 0 Å². The van der Waals surface area contributed by atoms with E-state index >= 15 is 0 Å². The minimum Gasteiger partial charge on any atom is -0.409 e. The lowest BCUT2D eigenvalue weighted by Crippen LogP contribution is -2.38. The van der Waals surface area contributed by atoms with Crippen molar-refractivity contribution in [1.29, 1.82) is 0 Å². The maximum Gasteiger partial charge on any atom is 0.217 e. The van der Waals surface area contributed by atoms with Crippen LogP contribution in [0.2, 0.25) is 0 Å². The Hall–Kier alpha value is -0.333. The second kappa shape index (κ2) is 7.89. The first-order chi connectivity index (χ1) is 8.21. The van der Waals surface area contributed by atoms with E-state index in [9.17, 15) is 0 Å². The van der Waals surface area contributed by atoms with Crippen molar-refractivity contribution in [3.8, 4) is 0 Å². The zero-order valence-electron chi connectivity index (χ0n) is 10.6. The maximum absolute atomic E-state index is 5.87. The Morgan fingerprint density at radius 1 is 1.18 bits per heavy atom. The van der Waals surface area contributed by atoms with Gasteiger partial charge in [0.25, 0.3) is 0 Å². The molecule has 0 spiro atoms. The van der Waals surface area contributed by atoms with Crippen molar-refractivity contribution in [3.05, 3.63) is 29.8 Å². The second-order valence-corrected chi connectivity index (χ2v) is 7.25. The number of ether oxygens (including phenoxy) is 2. The first-order valence-electron chi connectivity index (χ1n) is 5.56. The first kappa shape index (κ1) is 14.7. The third-order valence-electron chi connectivity index (χ3n) is 2.57. The van der Waals surface area contributed by atoms with Crippen LogP contribution >= 0.6 is 12.6 Å². The number of aryl methyl sites for hydroxylation is 1. The molecule has 1 unspecified atom stereocenters. The molecule has 0 N–H and O–H groups in total. The van der Waals surface area contributed by atoms with E-state index in [1.165, 1.54) is 10.8 Å². The van der Waals surface area contributed by atoms with Crippen LogP contribution in [0.25, 0.3) is 0 Å². The molecule has 96 valence electrons. The molecule has 1 rings (SSSR count). The van der Waals surface area contributed by atoms with Gasteiger partial charge in [-0.3, -0.25) is 0 Å². The van der Waals surface area contributed by atoms with E-state index in [0.717, 1.165) is 5.38 Å². The van der Waals surface area contributed by atoms with E-state index < -0.39 is 9.04 Å². The van der Waals surface area contributed by atoms with Gasteiger partial charge in [0, 0.05) is 19.6 Å². The third-order valence-corrected chi connectivity index (χ3v) is 5.62. The summed E-state index contributed by atoms with van der Waals surface area (Å²) in [5.74, 6) is 0. The Balaban J connectivity index is 2.56. The predicted octanol–water partition coefficient (Wildman–Crippen LogP) is 1.03.